The van der Waals surface area contributed by atoms with Crippen molar-refractivity contribution in [3.05, 3.63) is 23.9 Å². The third-order valence-electron chi connectivity index (χ3n) is 6.38. The minimum absolute atomic E-state index is 0.331. The van der Waals surface area contributed by atoms with Crippen molar-refractivity contribution in [2.75, 3.05) is 5.73 Å². The highest BCUT2D eigenvalue weighted by Crippen LogP contribution is 2.61. The summed E-state index contributed by atoms with van der Waals surface area (Å²) in [5.41, 5.74) is 10.7. The average molecular weight is 286 g/mol. The first kappa shape index (κ1) is 13.5. The third kappa shape index (κ3) is 2.25. The fourth-order valence-electron chi connectivity index (χ4n) is 5.90. The molecule has 0 aliphatic heterocycles. The van der Waals surface area contributed by atoms with E-state index in [0.29, 0.717) is 17.3 Å². The summed E-state index contributed by atoms with van der Waals surface area (Å²) in [5.74, 6) is 9.46. The molecule has 0 radical (unpaired) electrons. The molecule has 5 N–H and O–H groups in total. The van der Waals surface area contributed by atoms with Crippen LogP contribution in [0.4, 0.5) is 5.82 Å². The van der Waals surface area contributed by atoms with E-state index in [1.54, 1.807) is 6.20 Å². The molecule has 4 fully saturated rings. The highest BCUT2D eigenvalue weighted by molar-refractivity contribution is 5.39. The molecule has 4 nitrogen and oxygen atoms in total. The van der Waals surface area contributed by atoms with Gasteiger partial charge in [0.1, 0.15) is 5.82 Å². The lowest BCUT2D eigenvalue weighted by molar-refractivity contribution is -0.0737. The fourth-order valence-corrected chi connectivity index (χ4v) is 5.90. The van der Waals surface area contributed by atoms with Crippen molar-refractivity contribution < 1.29 is 0 Å². The quantitative estimate of drug-likeness (QED) is 0.586. The molecule has 5 rings (SSSR count). The number of nitrogens with two attached hydrogens (primary N) is 2. The van der Waals surface area contributed by atoms with Crippen LogP contribution in [-0.4, -0.2) is 11.0 Å². The molecule has 4 aliphatic carbocycles. The number of rotatable bonds is 4. The Bertz CT molecular complexity index is 492. The zero-order chi connectivity index (χ0) is 14.4. The van der Waals surface area contributed by atoms with Gasteiger partial charge in [-0.25, -0.2) is 4.98 Å². The molecule has 0 aromatic carbocycles. The highest BCUT2D eigenvalue weighted by atomic mass is 15.2. The first-order valence-corrected chi connectivity index (χ1v) is 8.34. The van der Waals surface area contributed by atoms with Gasteiger partial charge in [0.15, 0.2) is 0 Å². The summed E-state index contributed by atoms with van der Waals surface area (Å²) in [4.78, 5) is 4.22. The first-order chi connectivity index (χ1) is 10.2. The van der Waals surface area contributed by atoms with Gasteiger partial charge in [0.05, 0.1) is 0 Å². The van der Waals surface area contributed by atoms with Crippen LogP contribution in [-0.2, 0) is 6.42 Å². The molecule has 1 aromatic rings. The minimum atomic E-state index is 0.331. The maximum Gasteiger partial charge on any atom is 0.126 e. The second kappa shape index (κ2) is 4.96. The van der Waals surface area contributed by atoms with E-state index in [1.807, 2.05) is 6.07 Å². The molecule has 21 heavy (non-hydrogen) atoms. The SMILES string of the molecule is NNC(Cc1cccnc1N)C12CC3CC(CC(C3)C1)C2. The molecule has 114 valence electrons. The average Bonchev–Trinajstić information content (AvgIpc) is 2.44. The van der Waals surface area contributed by atoms with Crippen LogP contribution < -0.4 is 17.0 Å². The van der Waals surface area contributed by atoms with Crippen LogP contribution in [0.1, 0.15) is 44.1 Å². The topological polar surface area (TPSA) is 77.0 Å². The number of hydrogen-bond donors (Lipinski definition) is 3. The van der Waals surface area contributed by atoms with Crippen LogP contribution in [0.25, 0.3) is 0 Å². The zero-order valence-electron chi connectivity index (χ0n) is 12.6. The van der Waals surface area contributed by atoms with E-state index in [4.69, 9.17) is 11.6 Å². The Morgan fingerprint density at radius 1 is 1.19 bits per heavy atom. The van der Waals surface area contributed by atoms with Crippen LogP contribution >= 0.6 is 0 Å². The normalized spacial score (nSPS) is 38.6. The second-order valence-corrected chi connectivity index (χ2v) is 7.75. The summed E-state index contributed by atoms with van der Waals surface area (Å²) in [6.07, 6.45) is 11.1. The van der Waals surface area contributed by atoms with Gasteiger partial charge in [0.25, 0.3) is 0 Å². The molecule has 1 unspecified atom stereocenters. The molecular weight excluding hydrogens is 260 g/mol. The first-order valence-electron chi connectivity index (χ1n) is 8.34. The van der Waals surface area contributed by atoms with Crippen molar-refractivity contribution in [2.24, 2.45) is 29.0 Å². The summed E-state index contributed by atoms with van der Waals surface area (Å²) >= 11 is 0. The largest absolute Gasteiger partial charge is 0.383 e. The standard InChI is InChI=1S/C17H26N4/c18-16-14(2-1-3-20-16)7-15(21-19)17-8-11-4-12(9-17)6-13(5-11)10-17/h1-3,11-13,15,21H,4-10,19H2,(H2,18,20). The van der Waals surface area contributed by atoms with E-state index >= 15 is 0 Å². The van der Waals surface area contributed by atoms with E-state index in [2.05, 4.69) is 16.5 Å². The Kier molecular flexibility index (Phi) is 3.19. The van der Waals surface area contributed by atoms with Gasteiger partial charge in [-0.1, -0.05) is 6.07 Å². The predicted octanol–water partition coefficient (Wildman–Crippen LogP) is 2.25. The van der Waals surface area contributed by atoms with Crippen molar-refractivity contribution in [1.29, 1.82) is 0 Å². The third-order valence-corrected chi connectivity index (χ3v) is 6.38. The van der Waals surface area contributed by atoms with Gasteiger partial charge in [-0.2, -0.15) is 0 Å². The van der Waals surface area contributed by atoms with Crippen molar-refractivity contribution in [1.82, 2.24) is 10.4 Å². The molecule has 4 bridgehead atoms. The summed E-state index contributed by atoms with van der Waals surface area (Å²) in [7, 11) is 0. The van der Waals surface area contributed by atoms with E-state index in [0.717, 1.165) is 29.7 Å². The molecule has 4 heteroatoms. The van der Waals surface area contributed by atoms with Crippen molar-refractivity contribution >= 4 is 5.82 Å². The lowest BCUT2D eigenvalue weighted by Crippen LogP contribution is -2.58. The Balaban J connectivity index is 1.60. The monoisotopic (exact) mass is 286 g/mol. The Morgan fingerprint density at radius 2 is 1.81 bits per heavy atom. The summed E-state index contributed by atoms with van der Waals surface area (Å²) in [5, 5.41) is 0. The van der Waals surface area contributed by atoms with Gasteiger partial charge in [-0.3, -0.25) is 11.3 Å². The molecule has 0 saturated heterocycles. The van der Waals surface area contributed by atoms with E-state index in [1.165, 1.54) is 38.5 Å². The number of hydrazine groups is 1. The Labute approximate surface area is 126 Å². The molecule has 1 atom stereocenters. The number of hydrogen-bond acceptors (Lipinski definition) is 4. The lowest BCUT2D eigenvalue weighted by Gasteiger charge is -2.59. The smallest absolute Gasteiger partial charge is 0.126 e. The summed E-state index contributed by atoms with van der Waals surface area (Å²) < 4.78 is 0. The van der Waals surface area contributed by atoms with Crippen LogP contribution in [0.15, 0.2) is 18.3 Å². The molecule has 1 aromatic heterocycles. The van der Waals surface area contributed by atoms with Gasteiger partial charge in [-0.05, 0) is 79.7 Å². The Hall–Kier alpha value is -1.13. The van der Waals surface area contributed by atoms with Crippen LogP contribution in [0.3, 0.4) is 0 Å². The fraction of sp³-hybridized carbons (Fsp3) is 0.706. The van der Waals surface area contributed by atoms with Gasteiger partial charge in [-0.15, -0.1) is 0 Å². The van der Waals surface area contributed by atoms with Gasteiger partial charge >= 0.3 is 0 Å². The molecule has 4 saturated carbocycles. The molecule has 0 spiro atoms. The van der Waals surface area contributed by atoms with Gasteiger partial charge < -0.3 is 5.73 Å². The number of aromatic nitrogens is 1. The van der Waals surface area contributed by atoms with Gasteiger partial charge in [0, 0.05) is 12.2 Å². The Morgan fingerprint density at radius 3 is 2.33 bits per heavy atom. The molecule has 4 aliphatic rings. The van der Waals surface area contributed by atoms with Crippen LogP contribution in [0, 0.1) is 23.2 Å². The maximum absolute atomic E-state index is 6.04. The summed E-state index contributed by atoms with van der Waals surface area (Å²) in [6, 6.07) is 4.39. The van der Waals surface area contributed by atoms with Crippen LogP contribution in [0.2, 0.25) is 0 Å². The van der Waals surface area contributed by atoms with E-state index in [9.17, 15) is 0 Å². The summed E-state index contributed by atoms with van der Waals surface area (Å²) in [6.45, 7) is 0. The van der Waals surface area contributed by atoms with Crippen molar-refractivity contribution in [3.8, 4) is 0 Å². The molecule has 0 amide bonds. The maximum atomic E-state index is 6.04. The zero-order valence-corrected chi connectivity index (χ0v) is 12.6. The predicted molar refractivity (Wildman–Crippen MR) is 84.1 cm³/mol. The number of anilines is 1. The highest BCUT2D eigenvalue weighted by Gasteiger charge is 2.53. The number of pyridine rings is 1. The minimum Gasteiger partial charge on any atom is -0.383 e. The van der Waals surface area contributed by atoms with Crippen molar-refractivity contribution in [3.63, 3.8) is 0 Å². The molecular formula is C17H26N4. The van der Waals surface area contributed by atoms with E-state index < -0.39 is 0 Å². The lowest BCUT2D eigenvalue weighted by atomic mass is 9.47. The second-order valence-electron chi connectivity index (χ2n) is 7.75. The van der Waals surface area contributed by atoms with Crippen LogP contribution in [0.5, 0.6) is 0 Å². The molecule has 1 heterocycles. The van der Waals surface area contributed by atoms with E-state index in [-0.39, 0.29) is 0 Å². The van der Waals surface area contributed by atoms with Gasteiger partial charge in [0.2, 0.25) is 0 Å². The van der Waals surface area contributed by atoms with Crippen molar-refractivity contribution in [2.45, 2.75) is 51.0 Å². The number of nitrogens with one attached hydrogen (secondary N) is 1. The number of nitrogens with zero attached hydrogens (tertiary/aromatic N) is 1. The number of nitrogen functional groups attached to an aromatic ring is 1.